The molecule has 5 heteroatoms. The maximum Gasteiger partial charge on any atom is 0.252 e. The molecule has 100 valence electrons. The van der Waals surface area contributed by atoms with E-state index in [9.17, 15) is 9.90 Å². The number of hydrogen-bond donors (Lipinski definition) is 3. The number of nitrogens with two attached hydrogens (primary N) is 1. The fraction of sp³-hybridized carbons (Fsp3) is 0.462. The first-order chi connectivity index (χ1) is 8.40. The number of anilines is 1. The first-order valence-electron chi connectivity index (χ1n) is 5.91. The minimum absolute atomic E-state index is 0.220. The Morgan fingerprint density at radius 1 is 1.50 bits per heavy atom. The highest BCUT2D eigenvalue weighted by atomic mass is 35.5. The summed E-state index contributed by atoms with van der Waals surface area (Å²) in [4.78, 5) is 11.8. The number of amides is 1. The maximum absolute atomic E-state index is 11.8. The third kappa shape index (κ3) is 4.55. The standard InChI is InChI=1S/C13H19ClN2O2/c1-8(2)5-10(17)7-16-13(18)11-4-3-9(15)6-12(11)14/h3-4,6,8,10,17H,5,7,15H2,1-2H3,(H,16,18). The van der Waals surface area contributed by atoms with Crippen LogP contribution in [0.25, 0.3) is 0 Å². The number of benzene rings is 1. The molecule has 4 N–H and O–H groups in total. The van der Waals surface area contributed by atoms with E-state index >= 15 is 0 Å². The lowest BCUT2D eigenvalue weighted by atomic mass is 10.1. The van der Waals surface area contributed by atoms with Crippen molar-refractivity contribution < 1.29 is 9.90 Å². The summed E-state index contributed by atoms with van der Waals surface area (Å²) >= 11 is 5.92. The van der Waals surface area contributed by atoms with E-state index in [2.05, 4.69) is 5.32 Å². The molecule has 1 aromatic rings. The van der Waals surface area contributed by atoms with Crippen molar-refractivity contribution in [2.45, 2.75) is 26.4 Å². The molecular weight excluding hydrogens is 252 g/mol. The van der Waals surface area contributed by atoms with Gasteiger partial charge in [-0.1, -0.05) is 25.4 Å². The number of carbonyl (C=O) groups is 1. The number of aliphatic hydroxyl groups excluding tert-OH is 1. The van der Waals surface area contributed by atoms with Crippen LogP contribution < -0.4 is 11.1 Å². The second-order valence-corrected chi connectivity index (χ2v) is 5.14. The first-order valence-corrected chi connectivity index (χ1v) is 6.29. The Labute approximate surface area is 112 Å². The summed E-state index contributed by atoms with van der Waals surface area (Å²) in [6.07, 6.45) is 0.108. The summed E-state index contributed by atoms with van der Waals surface area (Å²) in [7, 11) is 0. The summed E-state index contributed by atoms with van der Waals surface area (Å²) in [6.45, 7) is 4.25. The molecule has 1 aromatic carbocycles. The van der Waals surface area contributed by atoms with Crippen LogP contribution in [0.15, 0.2) is 18.2 Å². The molecule has 0 heterocycles. The molecule has 0 saturated carbocycles. The van der Waals surface area contributed by atoms with Gasteiger partial charge < -0.3 is 16.2 Å². The molecule has 0 radical (unpaired) electrons. The fourth-order valence-corrected chi connectivity index (χ4v) is 1.92. The Kier molecular flexibility index (Phi) is 5.44. The number of rotatable bonds is 5. The molecule has 18 heavy (non-hydrogen) atoms. The zero-order valence-electron chi connectivity index (χ0n) is 10.6. The molecule has 0 fully saturated rings. The average Bonchev–Trinajstić information content (AvgIpc) is 2.25. The van der Waals surface area contributed by atoms with Gasteiger partial charge in [0, 0.05) is 12.2 Å². The number of halogens is 1. The Balaban J connectivity index is 2.55. The molecule has 0 bridgehead atoms. The SMILES string of the molecule is CC(C)CC(O)CNC(=O)c1ccc(N)cc1Cl. The lowest BCUT2D eigenvalue weighted by molar-refractivity contribution is 0.0900. The smallest absolute Gasteiger partial charge is 0.252 e. The summed E-state index contributed by atoms with van der Waals surface area (Å²) in [5.41, 5.74) is 6.42. The molecule has 0 spiro atoms. The molecule has 1 rings (SSSR count). The highest BCUT2D eigenvalue weighted by Gasteiger charge is 2.13. The van der Waals surface area contributed by atoms with Crippen LogP contribution >= 0.6 is 11.6 Å². The van der Waals surface area contributed by atoms with Crippen LogP contribution in [0.4, 0.5) is 5.69 Å². The van der Waals surface area contributed by atoms with Crippen LogP contribution in [0.5, 0.6) is 0 Å². The Bertz CT molecular complexity index is 421. The first kappa shape index (κ1) is 14.8. The van der Waals surface area contributed by atoms with Crippen LogP contribution in [0, 0.1) is 5.92 Å². The van der Waals surface area contributed by atoms with Crippen molar-refractivity contribution in [1.82, 2.24) is 5.32 Å². The molecule has 1 atom stereocenters. The molecule has 1 amide bonds. The minimum Gasteiger partial charge on any atom is -0.399 e. The van der Waals surface area contributed by atoms with Gasteiger partial charge in [0.1, 0.15) is 0 Å². The van der Waals surface area contributed by atoms with Crippen molar-refractivity contribution in [2.75, 3.05) is 12.3 Å². The van der Waals surface area contributed by atoms with Crippen molar-refractivity contribution in [1.29, 1.82) is 0 Å². The van der Waals surface area contributed by atoms with Crippen LogP contribution in [0.3, 0.4) is 0 Å². The molecule has 1 unspecified atom stereocenters. The normalized spacial score (nSPS) is 12.5. The number of nitrogens with one attached hydrogen (secondary N) is 1. The largest absolute Gasteiger partial charge is 0.399 e. The summed E-state index contributed by atoms with van der Waals surface area (Å²) in [6, 6.07) is 4.72. The number of carbonyl (C=O) groups excluding carboxylic acids is 1. The highest BCUT2D eigenvalue weighted by Crippen LogP contribution is 2.18. The van der Waals surface area contributed by atoms with E-state index in [1.54, 1.807) is 12.1 Å². The van der Waals surface area contributed by atoms with Crippen molar-refractivity contribution in [3.63, 3.8) is 0 Å². The monoisotopic (exact) mass is 270 g/mol. The van der Waals surface area contributed by atoms with Crippen LogP contribution in [-0.4, -0.2) is 23.7 Å². The zero-order chi connectivity index (χ0) is 13.7. The maximum atomic E-state index is 11.8. The second kappa shape index (κ2) is 6.61. The lowest BCUT2D eigenvalue weighted by Crippen LogP contribution is -2.32. The van der Waals surface area contributed by atoms with E-state index in [0.29, 0.717) is 28.6 Å². The quantitative estimate of drug-likeness (QED) is 0.717. The van der Waals surface area contributed by atoms with Crippen molar-refractivity contribution in [2.24, 2.45) is 5.92 Å². The van der Waals surface area contributed by atoms with E-state index in [-0.39, 0.29) is 12.5 Å². The van der Waals surface area contributed by atoms with Gasteiger partial charge >= 0.3 is 0 Å². The van der Waals surface area contributed by atoms with Crippen molar-refractivity contribution >= 4 is 23.2 Å². The summed E-state index contributed by atoms with van der Waals surface area (Å²) in [5.74, 6) is 0.0832. The fourth-order valence-electron chi connectivity index (χ4n) is 1.65. The van der Waals surface area contributed by atoms with E-state index < -0.39 is 6.10 Å². The van der Waals surface area contributed by atoms with Gasteiger partial charge in [0.15, 0.2) is 0 Å². The molecule has 0 aromatic heterocycles. The lowest BCUT2D eigenvalue weighted by Gasteiger charge is -2.14. The Morgan fingerprint density at radius 2 is 2.17 bits per heavy atom. The second-order valence-electron chi connectivity index (χ2n) is 4.73. The van der Waals surface area contributed by atoms with Gasteiger partial charge in [-0.05, 0) is 30.5 Å². The van der Waals surface area contributed by atoms with Gasteiger partial charge in [0.2, 0.25) is 0 Å². The highest BCUT2D eigenvalue weighted by molar-refractivity contribution is 6.34. The summed E-state index contributed by atoms with van der Waals surface area (Å²) in [5, 5.41) is 12.6. The van der Waals surface area contributed by atoms with Gasteiger partial charge in [0.25, 0.3) is 5.91 Å². The number of hydrogen-bond acceptors (Lipinski definition) is 3. The molecule has 0 aliphatic rings. The third-order valence-electron chi connectivity index (χ3n) is 2.48. The zero-order valence-corrected chi connectivity index (χ0v) is 11.4. The molecule has 4 nitrogen and oxygen atoms in total. The Hall–Kier alpha value is -1.26. The van der Waals surface area contributed by atoms with Gasteiger partial charge in [-0.3, -0.25) is 4.79 Å². The molecule has 0 aliphatic heterocycles. The Morgan fingerprint density at radius 3 is 2.72 bits per heavy atom. The molecule has 0 aliphatic carbocycles. The minimum atomic E-state index is -0.540. The summed E-state index contributed by atoms with van der Waals surface area (Å²) < 4.78 is 0. The molecule has 0 saturated heterocycles. The van der Waals surface area contributed by atoms with Crippen molar-refractivity contribution in [3.8, 4) is 0 Å². The van der Waals surface area contributed by atoms with E-state index in [4.69, 9.17) is 17.3 Å². The topological polar surface area (TPSA) is 75.3 Å². The van der Waals surface area contributed by atoms with Gasteiger partial charge in [0.05, 0.1) is 16.7 Å². The van der Waals surface area contributed by atoms with E-state index in [1.807, 2.05) is 13.8 Å². The van der Waals surface area contributed by atoms with Crippen LogP contribution in [0.1, 0.15) is 30.6 Å². The number of nitrogen functional groups attached to an aromatic ring is 1. The van der Waals surface area contributed by atoms with Gasteiger partial charge in [-0.15, -0.1) is 0 Å². The van der Waals surface area contributed by atoms with Gasteiger partial charge in [-0.25, -0.2) is 0 Å². The predicted molar refractivity (Wildman–Crippen MR) is 73.7 cm³/mol. The average molecular weight is 271 g/mol. The number of aliphatic hydroxyl groups is 1. The van der Waals surface area contributed by atoms with Crippen molar-refractivity contribution in [3.05, 3.63) is 28.8 Å². The third-order valence-corrected chi connectivity index (χ3v) is 2.79. The van der Waals surface area contributed by atoms with E-state index in [0.717, 1.165) is 0 Å². The van der Waals surface area contributed by atoms with Gasteiger partial charge in [-0.2, -0.15) is 0 Å². The van der Waals surface area contributed by atoms with Crippen LogP contribution in [0.2, 0.25) is 5.02 Å². The van der Waals surface area contributed by atoms with E-state index in [1.165, 1.54) is 6.07 Å². The predicted octanol–water partition coefficient (Wildman–Crippen LogP) is 2.06. The van der Waals surface area contributed by atoms with Crippen LogP contribution in [-0.2, 0) is 0 Å². The molecular formula is C13H19ClN2O2.